The molecular formula is C18H24N4O5S. The summed E-state index contributed by atoms with van der Waals surface area (Å²) in [6, 6.07) is 6.91. The Labute approximate surface area is 163 Å². The number of hydrogen-bond acceptors (Lipinski definition) is 6. The number of nitrogens with zero attached hydrogens (tertiary/aromatic N) is 2. The molecule has 0 radical (unpaired) electrons. The van der Waals surface area contributed by atoms with Gasteiger partial charge in [-0.15, -0.1) is 0 Å². The number of benzene rings is 1. The van der Waals surface area contributed by atoms with E-state index in [1.807, 2.05) is 6.92 Å². The van der Waals surface area contributed by atoms with Crippen LogP contribution in [-0.4, -0.2) is 47.6 Å². The number of anilines is 1. The van der Waals surface area contributed by atoms with Gasteiger partial charge in [-0.05, 0) is 31.4 Å². The number of aromatic nitrogens is 2. The van der Waals surface area contributed by atoms with Crippen LogP contribution in [0.3, 0.4) is 0 Å². The summed E-state index contributed by atoms with van der Waals surface area (Å²) >= 11 is 0. The summed E-state index contributed by atoms with van der Waals surface area (Å²) in [5.74, 6) is -0.585. The van der Waals surface area contributed by atoms with Crippen LogP contribution in [0.25, 0.3) is 11.4 Å². The van der Waals surface area contributed by atoms with Gasteiger partial charge in [-0.3, -0.25) is 14.3 Å². The molecule has 1 aromatic carbocycles. The number of piperidine rings is 1. The molecule has 0 spiro atoms. The predicted octanol–water partition coefficient (Wildman–Crippen LogP) is 1.81. The van der Waals surface area contributed by atoms with Crippen molar-refractivity contribution in [3.05, 3.63) is 34.8 Å². The van der Waals surface area contributed by atoms with E-state index in [1.54, 1.807) is 24.3 Å². The highest BCUT2D eigenvalue weighted by Crippen LogP contribution is 2.23. The van der Waals surface area contributed by atoms with Gasteiger partial charge < -0.3 is 5.32 Å². The highest BCUT2D eigenvalue weighted by Gasteiger charge is 2.30. The van der Waals surface area contributed by atoms with E-state index in [0.29, 0.717) is 43.6 Å². The Kier molecular flexibility index (Phi) is 6.30. The van der Waals surface area contributed by atoms with E-state index in [-0.39, 0.29) is 23.4 Å². The van der Waals surface area contributed by atoms with Crippen LogP contribution >= 0.6 is 0 Å². The van der Waals surface area contributed by atoms with E-state index in [0.717, 1.165) is 6.42 Å². The second kappa shape index (κ2) is 8.70. The summed E-state index contributed by atoms with van der Waals surface area (Å²) in [4.78, 5) is 26.1. The molecule has 0 unspecified atom stereocenters. The van der Waals surface area contributed by atoms with Gasteiger partial charge in [0.1, 0.15) is 0 Å². The van der Waals surface area contributed by atoms with Crippen molar-refractivity contribution in [1.29, 1.82) is 0 Å². The number of carbonyl (C=O) groups is 1. The molecule has 10 heteroatoms. The molecule has 0 bridgehead atoms. The highest BCUT2D eigenvalue weighted by molar-refractivity contribution is 7.89. The lowest BCUT2D eigenvalue weighted by Gasteiger charge is -2.30. The first-order valence-electron chi connectivity index (χ1n) is 9.34. The summed E-state index contributed by atoms with van der Waals surface area (Å²) in [5.41, 5.74) is 1.19. The maximum Gasteiger partial charge on any atom is 0.439 e. The van der Waals surface area contributed by atoms with Crippen LogP contribution in [0.2, 0.25) is 0 Å². The number of sulfonamides is 1. The molecule has 1 fully saturated rings. The van der Waals surface area contributed by atoms with E-state index in [4.69, 9.17) is 0 Å². The number of nitrogens with one attached hydrogen (secondary N) is 2. The SMILES string of the molecule is CCCCS(=O)(=O)N1CCC(C(=O)Nc2cccc(-c3noc(=O)[nH]3)c2)CC1. The zero-order valence-electron chi connectivity index (χ0n) is 15.7. The van der Waals surface area contributed by atoms with Crippen molar-refractivity contribution in [1.82, 2.24) is 14.4 Å². The molecule has 2 aromatic rings. The van der Waals surface area contributed by atoms with Crippen LogP contribution < -0.4 is 11.1 Å². The number of carbonyl (C=O) groups excluding carboxylic acids is 1. The molecule has 1 aliphatic rings. The molecule has 2 heterocycles. The van der Waals surface area contributed by atoms with Gasteiger partial charge >= 0.3 is 5.76 Å². The van der Waals surface area contributed by atoms with Gasteiger partial charge in [0.25, 0.3) is 0 Å². The van der Waals surface area contributed by atoms with Crippen LogP contribution in [0.4, 0.5) is 5.69 Å². The van der Waals surface area contributed by atoms with Crippen molar-refractivity contribution in [2.24, 2.45) is 5.92 Å². The van der Waals surface area contributed by atoms with Gasteiger partial charge in [-0.2, -0.15) is 0 Å². The number of amides is 1. The first kappa shape index (κ1) is 20.3. The Bertz CT molecular complexity index is 974. The quantitative estimate of drug-likeness (QED) is 0.720. The maximum atomic E-state index is 12.6. The maximum absolute atomic E-state index is 12.6. The molecule has 1 aromatic heterocycles. The monoisotopic (exact) mass is 408 g/mol. The van der Waals surface area contributed by atoms with E-state index < -0.39 is 15.8 Å². The van der Waals surface area contributed by atoms with Crippen molar-refractivity contribution in [2.75, 3.05) is 24.2 Å². The number of rotatable bonds is 7. The molecule has 0 atom stereocenters. The first-order chi connectivity index (χ1) is 13.4. The largest absolute Gasteiger partial charge is 0.439 e. The van der Waals surface area contributed by atoms with Crippen molar-refractivity contribution < 1.29 is 17.7 Å². The molecule has 1 aliphatic heterocycles. The van der Waals surface area contributed by atoms with Crippen LogP contribution in [-0.2, 0) is 14.8 Å². The smallest absolute Gasteiger partial charge is 0.326 e. The second-order valence-corrected chi connectivity index (χ2v) is 8.95. The van der Waals surface area contributed by atoms with Gasteiger partial charge in [0.05, 0.1) is 5.75 Å². The van der Waals surface area contributed by atoms with E-state index in [1.165, 1.54) is 4.31 Å². The zero-order valence-corrected chi connectivity index (χ0v) is 16.5. The third-order valence-corrected chi connectivity index (χ3v) is 6.77. The fraction of sp³-hybridized carbons (Fsp3) is 0.500. The van der Waals surface area contributed by atoms with Crippen molar-refractivity contribution in [3.8, 4) is 11.4 Å². The number of unbranched alkanes of at least 4 members (excludes halogenated alkanes) is 1. The van der Waals surface area contributed by atoms with E-state index in [9.17, 15) is 18.0 Å². The van der Waals surface area contributed by atoms with Crippen LogP contribution in [0.1, 0.15) is 32.6 Å². The summed E-state index contributed by atoms with van der Waals surface area (Å²) < 4.78 is 30.5. The van der Waals surface area contributed by atoms with Gasteiger partial charge in [0, 0.05) is 30.3 Å². The minimum absolute atomic E-state index is 0.142. The normalized spacial score (nSPS) is 16.2. The van der Waals surface area contributed by atoms with Crippen LogP contribution in [0, 0.1) is 5.92 Å². The Hall–Kier alpha value is -2.46. The lowest BCUT2D eigenvalue weighted by atomic mass is 9.97. The Balaban J connectivity index is 1.58. The molecular weight excluding hydrogens is 384 g/mol. The minimum Gasteiger partial charge on any atom is -0.326 e. The number of H-pyrrole nitrogens is 1. The average molecular weight is 408 g/mol. The van der Waals surface area contributed by atoms with Gasteiger partial charge in [0.2, 0.25) is 15.9 Å². The summed E-state index contributed by atoms with van der Waals surface area (Å²) in [7, 11) is -3.23. The molecule has 0 saturated carbocycles. The summed E-state index contributed by atoms with van der Waals surface area (Å²) in [5, 5.41) is 6.49. The second-order valence-electron chi connectivity index (χ2n) is 6.86. The van der Waals surface area contributed by atoms with Crippen LogP contribution in [0.5, 0.6) is 0 Å². The lowest BCUT2D eigenvalue weighted by molar-refractivity contribution is -0.120. The molecule has 28 heavy (non-hydrogen) atoms. The Morgan fingerprint density at radius 2 is 2.11 bits per heavy atom. The zero-order chi connectivity index (χ0) is 20.1. The topological polar surface area (TPSA) is 125 Å². The third kappa shape index (κ3) is 4.87. The predicted molar refractivity (Wildman–Crippen MR) is 104 cm³/mol. The summed E-state index contributed by atoms with van der Waals surface area (Å²) in [6.45, 7) is 2.69. The van der Waals surface area contributed by atoms with Gasteiger partial charge in [0.15, 0.2) is 5.82 Å². The Morgan fingerprint density at radius 1 is 1.36 bits per heavy atom. The summed E-state index contributed by atoms with van der Waals surface area (Å²) in [6.07, 6.45) is 2.47. The lowest BCUT2D eigenvalue weighted by Crippen LogP contribution is -2.42. The molecule has 152 valence electrons. The van der Waals surface area contributed by atoms with Gasteiger partial charge in [-0.1, -0.05) is 30.6 Å². The number of aromatic amines is 1. The third-order valence-electron chi connectivity index (χ3n) is 4.82. The van der Waals surface area contributed by atoms with Crippen molar-refractivity contribution in [3.63, 3.8) is 0 Å². The fourth-order valence-electron chi connectivity index (χ4n) is 3.19. The molecule has 1 saturated heterocycles. The van der Waals surface area contributed by atoms with Crippen molar-refractivity contribution >= 4 is 21.6 Å². The minimum atomic E-state index is -3.23. The molecule has 9 nitrogen and oxygen atoms in total. The van der Waals surface area contributed by atoms with Crippen molar-refractivity contribution in [2.45, 2.75) is 32.6 Å². The average Bonchev–Trinajstić information content (AvgIpc) is 3.13. The molecule has 3 rings (SSSR count). The first-order valence-corrected chi connectivity index (χ1v) is 10.9. The molecule has 2 N–H and O–H groups in total. The van der Waals surface area contributed by atoms with Crippen LogP contribution in [0.15, 0.2) is 33.6 Å². The van der Waals surface area contributed by atoms with Gasteiger partial charge in [-0.25, -0.2) is 17.5 Å². The number of hydrogen-bond donors (Lipinski definition) is 2. The van der Waals surface area contributed by atoms with E-state index in [2.05, 4.69) is 20.0 Å². The van der Waals surface area contributed by atoms with E-state index >= 15 is 0 Å². The standard InChI is InChI=1S/C18H24N4O5S/c1-2-3-11-28(25,26)22-9-7-13(8-10-22)17(23)19-15-6-4-5-14(12-15)16-20-18(24)27-21-16/h4-6,12-13H,2-3,7-11H2,1H3,(H,19,23)(H,20,21,24). The molecule has 0 aliphatic carbocycles. The highest BCUT2D eigenvalue weighted by atomic mass is 32.2. The Morgan fingerprint density at radius 3 is 2.75 bits per heavy atom. The fourth-order valence-corrected chi connectivity index (χ4v) is 4.87. The molecule has 1 amide bonds.